The van der Waals surface area contributed by atoms with Crippen molar-refractivity contribution < 1.29 is 18.8 Å². The van der Waals surface area contributed by atoms with Crippen LogP contribution in [0.1, 0.15) is 47.8 Å². The van der Waals surface area contributed by atoms with Crippen molar-refractivity contribution in [2.75, 3.05) is 6.54 Å². The van der Waals surface area contributed by atoms with E-state index in [-0.39, 0.29) is 48.0 Å². The van der Waals surface area contributed by atoms with E-state index in [1.54, 1.807) is 29.2 Å². The van der Waals surface area contributed by atoms with Gasteiger partial charge in [0.15, 0.2) is 5.78 Å². The van der Waals surface area contributed by atoms with Gasteiger partial charge < -0.3 is 14.8 Å². The summed E-state index contributed by atoms with van der Waals surface area (Å²) < 4.78 is 15.9. The highest BCUT2D eigenvalue weighted by atomic mass is 35.5. The highest BCUT2D eigenvalue weighted by molar-refractivity contribution is 6.30. The fraction of sp³-hybridized carbons (Fsp3) is 0.276. The molecular formula is C29H29ClFN5O3. The summed E-state index contributed by atoms with van der Waals surface area (Å²) in [4.78, 5) is 48.0. The minimum Gasteiger partial charge on any atom is -0.350 e. The van der Waals surface area contributed by atoms with Crippen molar-refractivity contribution in [2.45, 2.75) is 46.3 Å². The van der Waals surface area contributed by atoms with Gasteiger partial charge in [-0.2, -0.15) is 0 Å². The molecule has 2 amide bonds. The molecule has 39 heavy (non-hydrogen) atoms. The Hall–Kier alpha value is -4.11. The van der Waals surface area contributed by atoms with E-state index in [4.69, 9.17) is 11.6 Å². The SMILES string of the molecule is CC(=O)c1cn(CC(=O)N(CC(=O)NCc2cccc(Cl)c2F)C(C)C)c2ccc(Cc3cncnc3)cc12. The molecule has 0 bridgehead atoms. The number of hydrogen-bond donors (Lipinski definition) is 1. The van der Waals surface area contributed by atoms with Gasteiger partial charge in [-0.15, -0.1) is 0 Å². The lowest BCUT2D eigenvalue weighted by Crippen LogP contribution is -2.45. The van der Waals surface area contributed by atoms with Crippen molar-refractivity contribution in [3.63, 3.8) is 0 Å². The summed E-state index contributed by atoms with van der Waals surface area (Å²) in [6, 6.07) is 10.1. The smallest absolute Gasteiger partial charge is 0.243 e. The van der Waals surface area contributed by atoms with E-state index in [1.165, 1.54) is 30.3 Å². The summed E-state index contributed by atoms with van der Waals surface area (Å²) in [5, 5.41) is 3.38. The standard InChI is InChI=1S/C29H29ClFN5O3/c1-18(2)36(15-27(38)34-13-22-5-4-6-25(30)29(22)31)28(39)16-35-14-24(19(3)37)23-10-20(7-8-26(23)35)9-21-11-32-17-33-12-21/h4-8,10-12,14,17-18H,9,13,15-16H2,1-3H3,(H,34,38). The number of amides is 2. The first-order valence-electron chi connectivity index (χ1n) is 12.5. The molecule has 0 aliphatic heterocycles. The van der Waals surface area contributed by atoms with Gasteiger partial charge >= 0.3 is 0 Å². The van der Waals surface area contributed by atoms with Crippen LogP contribution in [-0.4, -0.2) is 49.6 Å². The highest BCUT2D eigenvalue weighted by Crippen LogP contribution is 2.25. The molecule has 2 aromatic carbocycles. The maximum Gasteiger partial charge on any atom is 0.243 e. The second kappa shape index (κ2) is 12.2. The van der Waals surface area contributed by atoms with E-state index >= 15 is 0 Å². The molecule has 0 fully saturated rings. The van der Waals surface area contributed by atoms with Crippen molar-refractivity contribution in [3.8, 4) is 0 Å². The predicted molar refractivity (Wildman–Crippen MR) is 147 cm³/mol. The Morgan fingerprint density at radius 1 is 1.10 bits per heavy atom. The van der Waals surface area contributed by atoms with Crippen LogP contribution in [0.4, 0.5) is 4.39 Å². The second-order valence-corrected chi connectivity index (χ2v) is 10.0. The molecule has 8 nitrogen and oxygen atoms in total. The number of hydrogen-bond acceptors (Lipinski definition) is 5. The number of Topliss-reactive ketones (excluding diaryl/α,β-unsaturated/α-hetero) is 1. The molecular weight excluding hydrogens is 521 g/mol. The first-order valence-corrected chi connectivity index (χ1v) is 12.9. The van der Waals surface area contributed by atoms with Crippen molar-refractivity contribution in [2.24, 2.45) is 0 Å². The molecule has 10 heteroatoms. The van der Waals surface area contributed by atoms with Crippen molar-refractivity contribution in [1.29, 1.82) is 0 Å². The van der Waals surface area contributed by atoms with Crippen molar-refractivity contribution in [3.05, 3.63) is 94.4 Å². The lowest BCUT2D eigenvalue weighted by Gasteiger charge is -2.26. The third-order valence-corrected chi connectivity index (χ3v) is 6.71. The zero-order chi connectivity index (χ0) is 28.1. The van der Waals surface area contributed by atoms with Gasteiger partial charge in [0, 0.05) is 59.6 Å². The molecule has 0 atom stereocenters. The molecule has 1 N–H and O–H groups in total. The third-order valence-electron chi connectivity index (χ3n) is 6.42. The quantitative estimate of drug-likeness (QED) is 0.292. The number of aromatic nitrogens is 3. The monoisotopic (exact) mass is 549 g/mol. The van der Waals surface area contributed by atoms with Crippen LogP contribution in [0.3, 0.4) is 0 Å². The molecule has 0 saturated heterocycles. The first kappa shape index (κ1) is 27.9. The number of halogens is 2. The summed E-state index contributed by atoms with van der Waals surface area (Å²) in [5.41, 5.74) is 3.45. The molecule has 0 spiro atoms. The summed E-state index contributed by atoms with van der Waals surface area (Å²) in [5.74, 6) is -1.41. The summed E-state index contributed by atoms with van der Waals surface area (Å²) >= 11 is 5.81. The maximum absolute atomic E-state index is 14.2. The number of rotatable bonds is 10. The van der Waals surface area contributed by atoms with Crippen molar-refractivity contribution >= 4 is 40.1 Å². The van der Waals surface area contributed by atoms with Crippen LogP contribution in [0.25, 0.3) is 10.9 Å². The normalized spacial score (nSPS) is 11.1. The van der Waals surface area contributed by atoms with E-state index in [2.05, 4.69) is 15.3 Å². The van der Waals surface area contributed by atoms with Crippen molar-refractivity contribution in [1.82, 2.24) is 24.8 Å². The van der Waals surface area contributed by atoms with E-state index in [0.717, 1.165) is 22.0 Å². The molecule has 0 radical (unpaired) electrons. The van der Waals surface area contributed by atoms with Crippen LogP contribution in [0, 0.1) is 5.82 Å². The highest BCUT2D eigenvalue weighted by Gasteiger charge is 2.22. The van der Waals surface area contributed by atoms with E-state index in [1.807, 2.05) is 32.0 Å². The summed E-state index contributed by atoms with van der Waals surface area (Å²) in [6.45, 7) is 4.83. The van der Waals surface area contributed by atoms with Crippen LogP contribution in [-0.2, 0) is 29.1 Å². The molecule has 0 aliphatic rings. The Labute approximate surface area is 230 Å². The Morgan fingerprint density at radius 3 is 2.54 bits per heavy atom. The number of carbonyl (C=O) groups excluding carboxylic acids is 3. The Bertz CT molecular complexity index is 1520. The Morgan fingerprint density at radius 2 is 1.85 bits per heavy atom. The molecule has 0 saturated carbocycles. The van der Waals surface area contributed by atoms with Gasteiger partial charge in [-0.05, 0) is 50.1 Å². The van der Waals surface area contributed by atoms with Gasteiger partial charge in [0.05, 0.1) is 11.6 Å². The number of nitrogens with one attached hydrogen (secondary N) is 1. The minimum atomic E-state index is -0.586. The topological polar surface area (TPSA) is 97.2 Å². The molecule has 4 rings (SSSR count). The fourth-order valence-electron chi connectivity index (χ4n) is 4.41. The van der Waals surface area contributed by atoms with Gasteiger partial charge in [-0.1, -0.05) is 29.8 Å². The second-order valence-electron chi connectivity index (χ2n) is 9.61. The van der Waals surface area contributed by atoms with Crippen LogP contribution in [0.2, 0.25) is 5.02 Å². The largest absolute Gasteiger partial charge is 0.350 e. The maximum atomic E-state index is 14.2. The van der Waals surface area contributed by atoms with Crippen LogP contribution in [0.15, 0.2) is 61.3 Å². The van der Waals surface area contributed by atoms with Gasteiger partial charge in [0.25, 0.3) is 0 Å². The predicted octanol–water partition coefficient (Wildman–Crippen LogP) is 4.57. The minimum absolute atomic E-state index is 0.0224. The average Bonchev–Trinajstić information content (AvgIpc) is 3.26. The molecule has 0 aliphatic carbocycles. The van der Waals surface area contributed by atoms with E-state index < -0.39 is 11.7 Å². The number of fused-ring (bicyclic) bond motifs is 1. The van der Waals surface area contributed by atoms with Gasteiger partial charge in [0.2, 0.25) is 11.8 Å². The lowest BCUT2D eigenvalue weighted by molar-refractivity contribution is -0.138. The summed E-state index contributed by atoms with van der Waals surface area (Å²) in [7, 11) is 0. The number of benzene rings is 2. The number of ketones is 1. The zero-order valence-electron chi connectivity index (χ0n) is 21.9. The van der Waals surface area contributed by atoms with E-state index in [9.17, 15) is 18.8 Å². The van der Waals surface area contributed by atoms with E-state index in [0.29, 0.717) is 12.0 Å². The zero-order valence-corrected chi connectivity index (χ0v) is 22.7. The summed E-state index contributed by atoms with van der Waals surface area (Å²) in [6.07, 6.45) is 7.25. The molecule has 2 aromatic heterocycles. The molecule has 202 valence electrons. The third kappa shape index (κ3) is 6.67. The van der Waals surface area contributed by atoms with Gasteiger partial charge in [-0.3, -0.25) is 14.4 Å². The Balaban J connectivity index is 1.50. The van der Waals surface area contributed by atoms with Gasteiger partial charge in [-0.25, -0.2) is 14.4 Å². The van der Waals surface area contributed by atoms with Crippen LogP contribution in [0.5, 0.6) is 0 Å². The Kier molecular flexibility index (Phi) is 8.71. The molecule has 0 unspecified atom stereocenters. The lowest BCUT2D eigenvalue weighted by atomic mass is 10.0. The first-order chi connectivity index (χ1) is 18.6. The van der Waals surface area contributed by atoms with Gasteiger partial charge in [0.1, 0.15) is 18.7 Å². The number of carbonyl (C=O) groups is 3. The molecule has 4 aromatic rings. The molecule has 2 heterocycles. The van der Waals surface area contributed by atoms with Crippen LogP contribution < -0.4 is 5.32 Å². The average molecular weight is 550 g/mol. The van der Waals surface area contributed by atoms with Crippen LogP contribution >= 0.6 is 11.6 Å². The fourth-order valence-corrected chi connectivity index (χ4v) is 4.60. The number of nitrogens with zero attached hydrogens (tertiary/aromatic N) is 4.